The van der Waals surface area contributed by atoms with Gasteiger partial charge in [0, 0.05) is 23.4 Å². The zero-order valence-corrected chi connectivity index (χ0v) is 17.8. The van der Waals surface area contributed by atoms with Crippen molar-refractivity contribution in [2.75, 3.05) is 51.4 Å². The first-order valence-corrected chi connectivity index (χ1v) is 10.8. The highest BCUT2D eigenvalue weighted by Crippen LogP contribution is 2.32. The highest BCUT2D eigenvalue weighted by Gasteiger charge is 2.25. The smallest absolute Gasteiger partial charge is 0.279 e. The number of anilines is 1. The number of carbonyl (C=O) groups is 2. The minimum absolute atomic E-state index is 0.0257. The van der Waals surface area contributed by atoms with Crippen LogP contribution in [0.25, 0.3) is 0 Å². The third-order valence-corrected chi connectivity index (χ3v) is 5.71. The Kier molecular flexibility index (Phi) is 6.69. The second-order valence-electron chi connectivity index (χ2n) is 8.03. The standard InChI is InChI=1S/C23H28N4O4/c1-2-24-23(29)18-4-3-5-19(13-18)25-22(28)15-27-10-8-26(9-11-27)14-17-6-7-20-21(12-17)31-16-30-20/h3-7,12-13H,2,8-11,14-16H2,1H3,(H,24,29)(H,25,28)/p+2. The van der Waals surface area contributed by atoms with Crippen LogP contribution in [0.3, 0.4) is 0 Å². The van der Waals surface area contributed by atoms with Gasteiger partial charge in [0.25, 0.3) is 11.8 Å². The Morgan fingerprint density at radius 1 is 0.968 bits per heavy atom. The summed E-state index contributed by atoms with van der Waals surface area (Å²) in [5.41, 5.74) is 2.44. The molecule has 2 amide bonds. The summed E-state index contributed by atoms with van der Waals surface area (Å²) in [6.07, 6.45) is 0. The fourth-order valence-electron chi connectivity index (χ4n) is 4.08. The van der Waals surface area contributed by atoms with E-state index < -0.39 is 0 Å². The van der Waals surface area contributed by atoms with Crippen LogP contribution in [0.2, 0.25) is 0 Å². The average molecular weight is 427 g/mol. The van der Waals surface area contributed by atoms with Gasteiger partial charge in [-0.25, -0.2) is 0 Å². The third-order valence-electron chi connectivity index (χ3n) is 5.71. The van der Waals surface area contributed by atoms with Gasteiger partial charge in [0.2, 0.25) is 6.79 Å². The van der Waals surface area contributed by atoms with Crippen LogP contribution in [-0.2, 0) is 11.3 Å². The Labute approximate surface area is 182 Å². The summed E-state index contributed by atoms with van der Waals surface area (Å²) in [6.45, 7) is 8.06. The lowest BCUT2D eigenvalue weighted by Gasteiger charge is -2.29. The first-order chi connectivity index (χ1) is 15.1. The van der Waals surface area contributed by atoms with Gasteiger partial charge in [-0.15, -0.1) is 0 Å². The van der Waals surface area contributed by atoms with E-state index in [1.807, 2.05) is 19.1 Å². The summed E-state index contributed by atoms with van der Waals surface area (Å²) in [5, 5.41) is 5.70. The Morgan fingerprint density at radius 3 is 2.55 bits per heavy atom. The third kappa shape index (κ3) is 5.53. The predicted octanol–water partition coefficient (Wildman–Crippen LogP) is -0.913. The van der Waals surface area contributed by atoms with E-state index >= 15 is 0 Å². The molecule has 0 atom stereocenters. The van der Waals surface area contributed by atoms with Crippen molar-refractivity contribution in [3.63, 3.8) is 0 Å². The molecule has 2 heterocycles. The summed E-state index contributed by atoms with van der Waals surface area (Å²) < 4.78 is 10.8. The lowest BCUT2D eigenvalue weighted by Crippen LogP contribution is -3.28. The second kappa shape index (κ2) is 9.80. The molecule has 0 bridgehead atoms. The zero-order chi connectivity index (χ0) is 21.6. The Hall–Kier alpha value is -3.10. The Bertz CT molecular complexity index is 941. The molecule has 2 aromatic carbocycles. The normalized spacial score (nSPS) is 19.6. The summed E-state index contributed by atoms with van der Waals surface area (Å²) in [4.78, 5) is 27.3. The van der Waals surface area contributed by atoms with Crippen LogP contribution in [-0.4, -0.2) is 57.9 Å². The monoisotopic (exact) mass is 426 g/mol. The quantitative estimate of drug-likeness (QED) is 0.462. The van der Waals surface area contributed by atoms with Crippen LogP contribution in [0.4, 0.5) is 5.69 Å². The van der Waals surface area contributed by atoms with E-state index in [0.717, 1.165) is 44.2 Å². The number of hydrogen-bond acceptors (Lipinski definition) is 4. The molecule has 164 valence electrons. The van der Waals surface area contributed by atoms with Gasteiger partial charge in [0.15, 0.2) is 18.0 Å². The van der Waals surface area contributed by atoms with Crippen molar-refractivity contribution >= 4 is 17.5 Å². The Balaban J connectivity index is 1.23. The zero-order valence-electron chi connectivity index (χ0n) is 17.8. The van der Waals surface area contributed by atoms with Crippen molar-refractivity contribution < 1.29 is 28.9 Å². The van der Waals surface area contributed by atoms with Crippen molar-refractivity contribution in [2.45, 2.75) is 13.5 Å². The Morgan fingerprint density at radius 2 is 1.74 bits per heavy atom. The van der Waals surface area contributed by atoms with E-state index in [4.69, 9.17) is 9.47 Å². The maximum atomic E-state index is 12.5. The van der Waals surface area contributed by atoms with Crippen LogP contribution in [0.15, 0.2) is 42.5 Å². The van der Waals surface area contributed by atoms with Gasteiger partial charge in [0.1, 0.15) is 32.7 Å². The number of piperazine rings is 1. The number of amides is 2. The average Bonchev–Trinajstić information content (AvgIpc) is 3.23. The molecule has 0 spiro atoms. The van der Waals surface area contributed by atoms with Crippen molar-refractivity contribution in [3.8, 4) is 11.5 Å². The van der Waals surface area contributed by atoms with E-state index in [1.165, 1.54) is 15.4 Å². The summed E-state index contributed by atoms with van der Waals surface area (Å²) >= 11 is 0. The molecule has 0 saturated carbocycles. The summed E-state index contributed by atoms with van der Waals surface area (Å²) in [6, 6.07) is 13.2. The van der Waals surface area contributed by atoms with Crippen LogP contribution in [0.5, 0.6) is 11.5 Å². The minimum Gasteiger partial charge on any atom is -0.454 e. The van der Waals surface area contributed by atoms with Gasteiger partial charge in [-0.2, -0.15) is 0 Å². The van der Waals surface area contributed by atoms with Crippen LogP contribution in [0.1, 0.15) is 22.8 Å². The largest absolute Gasteiger partial charge is 0.454 e. The van der Waals surface area contributed by atoms with Gasteiger partial charge in [0.05, 0.1) is 0 Å². The van der Waals surface area contributed by atoms with E-state index in [2.05, 4.69) is 22.8 Å². The van der Waals surface area contributed by atoms with Gasteiger partial charge in [-0.3, -0.25) is 9.59 Å². The molecule has 31 heavy (non-hydrogen) atoms. The molecule has 2 aromatic rings. The lowest BCUT2D eigenvalue weighted by molar-refractivity contribution is -1.02. The number of rotatable bonds is 7. The van der Waals surface area contributed by atoms with Gasteiger partial charge >= 0.3 is 0 Å². The lowest BCUT2D eigenvalue weighted by atomic mass is 10.1. The number of quaternary nitrogens is 2. The van der Waals surface area contributed by atoms with E-state index in [9.17, 15) is 9.59 Å². The van der Waals surface area contributed by atoms with E-state index in [-0.39, 0.29) is 11.8 Å². The molecule has 0 aromatic heterocycles. The number of fused-ring (bicyclic) bond motifs is 1. The first kappa shape index (κ1) is 21.1. The van der Waals surface area contributed by atoms with Crippen LogP contribution in [0, 0.1) is 0 Å². The van der Waals surface area contributed by atoms with Crippen molar-refractivity contribution in [1.29, 1.82) is 0 Å². The van der Waals surface area contributed by atoms with Crippen LogP contribution >= 0.6 is 0 Å². The predicted molar refractivity (Wildman–Crippen MR) is 116 cm³/mol. The molecule has 4 rings (SSSR count). The maximum Gasteiger partial charge on any atom is 0.279 e. The maximum absolute atomic E-state index is 12.5. The minimum atomic E-state index is -0.134. The fourth-order valence-corrected chi connectivity index (χ4v) is 4.08. The van der Waals surface area contributed by atoms with E-state index in [1.54, 1.807) is 18.2 Å². The molecular formula is C23H30N4O4+2. The van der Waals surface area contributed by atoms with Crippen LogP contribution < -0.4 is 29.9 Å². The molecule has 8 nitrogen and oxygen atoms in total. The van der Waals surface area contributed by atoms with Crippen molar-refractivity contribution in [2.24, 2.45) is 0 Å². The van der Waals surface area contributed by atoms with Crippen molar-refractivity contribution in [1.82, 2.24) is 5.32 Å². The number of ether oxygens (including phenoxy) is 2. The molecule has 8 heteroatoms. The SMILES string of the molecule is CCNC(=O)c1cccc(NC(=O)C[NH+]2CC[NH+](Cc3ccc4c(c3)OCO4)CC2)c1. The molecule has 0 aliphatic carbocycles. The summed E-state index contributed by atoms with van der Waals surface area (Å²) in [7, 11) is 0. The van der Waals surface area contributed by atoms with Gasteiger partial charge in [-0.1, -0.05) is 6.07 Å². The number of carbonyl (C=O) groups excluding carboxylic acids is 2. The molecule has 1 fully saturated rings. The molecule has 0 radical (unpaired) electrons. The fraction of sp³-hybridized carbons (Fsp3) is 0.391. The molecule has 2 aliphatic heterocycles. The van der Waals surface area contributed by atoms with E-state index in [0.29, 0.717) is 31.1 Å². The highest BCUT2D eigenvalue weighted by molar-refractivity contribution is 5.97. The highest BCUT2D eigenvalue weighted by atomic mass is 16.7. The first-order valence-electron chi connectivity index (χ1n) is 10.8. The molecular weight excluding hydrogens is 396 g/mol. The summed E-state index contributed by atoms with van der Waals surface area (Å²) in [5.74, 6) is 1.48. The second-order valence-corrected chi connectivity index (χ2v) is 8.03. The number of nitrogens with one attached hydrogen (secondary N) is 4. The topological polar surface area (TPSA) is 85.5 Å². The molecule has 2 aliphatic rings. The number of benzene rings is 2. The van der Waals surface area contributed by atoms with Gasteiger partial charge in [-0.05, 0) is 43.3 Å². The molecule has 4 N–H and O–H groups in total. The molecule has 0 unspecified atom stereocenters. The van der Waals surface area contributed by atoms with Gasteiger partial charge < -0.3 is 29.9 Å². The molecule has 1 saturated heterocycles. The van der Waals surface area contributed by atoms with Crippen molar-refractivity contribution in [3.05, 3.63) is 53.6 Å². The number of hydrogen-bond donors (Lipinski definition) is 4.